The quantitative estimate of drug-likeness (QED) is 0.153. The lowest BCUT2D eigenvalue weighted by molar-refractivity contribution is -0.385. The number of carbonyl (C=O) groups is 2. The molecule has 2 heterocycles. The van der Waals surface area contributed by atoms with Gasteiger partial charge in [-0.25, -0.2) is 4.79 Å². The number of nitrogens with zero attached hydrogens (tertiary/aromatic N) is 3. The molecule has 2 amide bonds. The molecule has 2 aromatic rings. The molecule has 3 rings (SSSR count). The number of aliphatic hydroxyl groups excluding tert-OH is 3. The monoisotopic (exact) mass is 505 g/mol. The molecule has 4 atom stereocenters. The summed E-state index contributed by atoms with van der Waals surface area (Å²) in [5, 5.41) is 45.2. The van der Waals surface area contributed by atoms with Gasteiger partial charge in [-0.2, -0.15) is 4.98 Å². The highest BCUT2D eigenvalue weighted by atomic mass is 16.6. The van der Waals surface area contributed by atoms with E-state index in [4.69, 9.17) is 9.84 Å². The van der Waals surface area contributed by atoms with Gasteiger partial charge in [0, 0.05) is 25.2 Å². The minimum Gasteiger partial charge on any atom is -0.394 e. The first-order valence-corrected chi connectivity index (χ1v) is 11.3. The molecule has 1 saturated heterocycles. The van der Waals surface area contributed by atoms with Crippen LogP contribution in [0.2, 0.25) is 0 Å². The molecule has 1 aromatic carbocycles. The second-order valence-electron chi connectivity index (χ2n) is 8.12. The van der Waals surface area contributed by atoms with Crippen LogP contribution in [0, 0.1) is 10.1 Å². The maximum absolute atomic E-state index is 12.3. The molecule has 0 unspecified atom stereocenters. The number of nitro groups is 1. The highest BCUT2D eigenvalue weighted by molar-refractivity contribution is 5.98. The first-order valence-electron chi connectivity index (χ1n) is 11.3. The Hall–Kier alpha value is -3.72. The molecule has 0 aliphatic carbocycles. The first kappa shape index (κ1) is 26.9. The summed E-state index contributed by atoms with van der Waals surface area (Å²) in [5.41, 5.74) is -1.11. The number of rotatable bonds is 11. The lowest BCUT2D eigenvalue weighted by Gasteiger charge is -2.17. The maximum atomic E-state index is 12.3. The third kappa shape index (κ3) is 6.48. The molecule has 0 radical (unpaired) electrons. The van der Waals surface area contributed by atoms with Gasteiger partial charge in [0.05, 0.1) is 11.5 Å². The van der Waals surface area contributed by atoms with Crippen LogP contribution < -0.4 is 16.3 Å². The SMILES string of the molecule is O=C(CCCCCNC(=O)c1ccccc1[N+](=O)[O-])Nc1ccn([C@@H]2O[C@H](CO)[C@@H](O)[C@@H]2O)c(=O)n1. The number of amides is 2. The Labute approximate surface area is 204 Å². The largest absolute Gasteiger partial charge is 0.394 e. The summed E-state index contributed by atoms with van der Waals surface area (Å²) in [5.74, 6) is -0.918. The fraction of sp³-hybridized carbons (Fsp3) is 0.455. The van der Waals surface area contributed by atoms with Crippen molar-refractivity contribution in [2.24, 2.45) is 0 Å². The number of para-hydroxylation sites is 1. The van der Waals surface area contributed by atoms with Crippen LogP contribution in [0.5, 0.6) is 0 Å². The number of nitro benzene ring substituents is 1. The molecule has 0 spiro atoms. The van der Waals surface area contributed by atoms with Crippen LogP contribution in [0.15, 0.2) is 41.3 Å². The van der Waals surface area contributed by atoms with Gasteiger partial charge in [-0.1, -0.05) is 18.6 Å². The standard InChI is InChI=1S/C22H27N5O9/c28-12-15-18(30)19(31)21(36-15)26-11-9-16(25-22(26)33)24-17(29)8-2-1-5-10-23-20(32)13-6-3-4-7-14(13)27(34)35/h3-4,6-7,9,11,15,18-19,21,28,30-31H,1-2,5,8,10,12H2,(H,23,32)(H,24,25,29,33)/t15-,18-,19+,21-/m1/s1. The molecular weight excluding hydrogens is 478 g/mol. The minimum absolute atomic E-state index is 0.00436. The van der Waals surface area contributed by atoms with Gasteiger partial charge >= 0.3 is 5.69 Å². The predicted molar refractivity (Wildman–Crippen MR) is 124 cm³/mol. The Morgan fingerprint density at radius 3 is 2.56 bits per heavy atom. The summed E-state index contributed by atoms with van der Waals surface area (Å²) in [6.07, 6.45) is -2.03. The van der Waals surface area contributed by atoms with Crippen molar-refractivity contribution in [3.8, 4) is 0 Å². The van der Waals surface area contributed by atoms with Crippen molar-refractivity contribution in [3.05, 3.63) is 62.7 Å². The second-order valence-corrected chi connectivity index (χ2v) is 8.12. The highest BCUT2D eigenvalue weighted by Crippen LogP contribution is 2.28. The molecule has 194 valence electrons. The normalized spacial score (nSPS) is 21.2. The average Bonchev–Trinajstić information content (AvgIpc) is 3.14. The minimum atomic E-state index is -1.44. The predicted octanol–water partition coefficient (Wildman–Crippen LogP) is -0.308. The van der Waals surface area contributed by atoms with Gasteiger partial charge in [0.15, 0.2) is 6.23 Å². The van der Waals surface area contributed by atoms with Gasteiger partial charge in [0.25, 0.3) is 11.6 Å². The Balaban J connectivity index is 1.40. The van der Waals surface area contributed by atoms with Gasteiger partial charge < -0.3 is 30.7 Å². The Morgan fingerprint density at radius 2 is 1.89 bits per heavy atom. The van der Waals surface area contributed by atoms with Crippen molar-refractivity contribution in [1.82, 2.24) is 14.9 Å². The number of anilines is 1. The number of carbonyl (C=O) groups excluding carboxylic acids is 2. The summed E-state index contributed by atoms with van der Waals surface area (Å²) in [6.45, 7) is -0.250. The second kappa shape index (κ2) is 12.3. The van der Waals surface area contributed by atoms with Crippen LogP contribution in [0.4, 0.5) is 11.5 Å². The van der Waals surface area contributed by atoms with Crippen molar-refractivity contribution < 1.29 is 34.6 Å². The van der Waals surface area contributed by atoms with E-state index in [2.05, 4.69) is 15.6 Å². The van der Waals surface area contributed by atoms with Gasteiger partial charge in [-0.05, 0) is 25.0 Å². The number of hydrogen-bond donors (Lipinski definition) is 5. The van der Waals surface area contributed by atoms with Gasteiger partial charge in [0.2, 0.25) is 5.91 Å². The molecule has 1 aromatic heterocycles. The maximum Gasteiger partial charge on any atom is 0.351 e. The van der Waals surface area contributed by atoms with Crippen molar-refractivity contribution in [3.63, 3.8) is 0 Å². The topological polar surface area (TPSA) is 206 Å². The van der Waals surface area contributed by atoms with E-state index >= 15 is 0 Å². The van der Waals surface area contributed by atoms with E-state index in [0.29, 0.717) is 19.3 Å². The third-order valence-electron chi connectivity index (χ3n) is 5.60. The van der Waals surface area contributed by atoms with Crippen LogP contribution >= 0.6 is 0 Å². The Kier molecular flexibility index (Phi) is 9.19. The van der Waals surface area contributed by atoms with E-state index in [1.807, 2.05) is 0 Å². The van der Waals surface area contributed by atoms with Gasteiger partial charge in [0.1, 0.15) is 29.7 Å². The van der Waals surface area contributed by atoms with Crippen molar-refractivity contribution in [2.75, 3.05) is 18.5 Å². The summed E-state index contributed by atoms with van der Waals surface area (Å²) < 4.78 is 6.25. The summed E-state index contributed by atoms with van der Waals surface area (Å²) in [6, 6.07) is 7.00. The molecule has 1 aliphatic heterocycles. The van der Waals surface area contributed by atoms with E-state index in [1.54, 1.807) is 6.07 Å². The van der Waals surface area contributed by atoms with E-state index in [1.165, 1.54) is 30.5 Å². The van der Waals surface area contributed by atoms with E-state index in [-0.39, 0.29) is 35.9 Å². The third-order valence-corrected chi connectivity index (χ3v) is 5.60. The summed E-state index contributed by atoms with van der Waals surface area (Å²) in [4.78, 5) is 50.7. The molecule has 0 saturated carbocycles. The van der Waals surface area contributed by atoms with Crippen LogP contribution in [0.25, 0.3) is 0 Å². The molecule has 1 aliphatic rings. The van der Waals surface area contributed by atoms with Crippen molar-refractivity contribution >= 4 is 23.3 Å². The zero-order valence-electron chi connectivity index (χ0n) is 19.1. The van der Waals surface area contributed by atoms with E-state index in [0.717, 1.165) is 4.57 Å². The summed E-state index contributed by atoms with van der Waals surface area (Å²) in [7, 11) is 0. The van der Waals surface area contributed by atoms with Crippen molar-refractivity contribution in [1.29, 1.82) is 0 Å². The Bertz CT molecular complexity index is 1150. The number of nitrogens with one attached hydrogen (secondary N) is 2. The smallest absolute Gasteiger partial charge is 0.351 e. The van der Waals surface area contributed by atoms with E-state index in [9.17, 15) is 34.7 Å². The van der Waals surface area contributed by atoms with Crippen LogP contribution in [0.1, 0.15) is 42.3 Å². The molecule has 36 heavy (non-hydrogen) atoms. The van der Waals surface area contributed by atoms with Crippen LogP contribution in [-0.2, 0) is 9.53 Å². The zero-order valence-corrected chi connectivity index (χ0v) is 19.1. The molecule has 0 bridgehead atoms. The highest BCUT2D eigenvalue weighted by Gasteiger charge is 2.43. The lowest BCUT2D eigenvalue weighted by atomic mass is 10.1. The molecule has 14 heteroatoms. The lowest BCUT2D eigenvalue weighted by Crippen LogP contribution is -2.36. The summed E-state index contributed by atoms with van der Waals surface area (Å²) >= 11 is 0. The van der Waals surface area contributed by atoms with E-state index < -0.39 is 47.7 Å². The number of unbranched alkanes of at least 4 members (excludes halogenated alkanes) is 2. The number of aliphatic hydroxyl groups is 3. The fourth-order valence-electron chi connectivity index (χ4n) is 3.70. The molecule has 5 N–H and O–H groups in total. The zero-order chi connectivity index (χ0) is 26.2. The molecule has 1 fully saturated rings. The van der Waals surface area contributed by atoms with Gasteiger partial charge in [-0.3, -0.25) is 24.3 Å². The number of hydrogen-bond acceptors (Lipinski definition) is 10. The molecule has 14 nitrogen and oxygen atoms in total. The number of aromatic nitrogens is 2. The number of ether oxygens (including phenoxy) is 1. The van der Waals surface area contributed by atoms with Gasteiger partial charge in [-0.15, -0.1) is 0 Å². The first-order chi connectivity index (χ1) is 17.2. The fourth-order valence-corrected chi connectivity index (χ4v) is 3.70. The van der Waals surface area contributed by atoms with Crippen LogP contribution in [0.3, 0.4) is 0 Å². The number of benzene rings is 1. The Morgan fingerprint density at radius 1 is 1.14 bits per heavy atom. The average molecular weight is 505 g/mol. The van der Waals surface area contributed by atoms with Crippen molar-refractivity contribution in [2.45, 2.75) is 50.2 Å². The molecular formula is C22H27N5O9. The van der Waals surface area contributed by atoms with Crippen LogP contribution in [-0.4, -0.2) is 73.1 Å².